The van der Waals surface area contributed by atoms with Crippen LogP contribution < -0.4 is 0 Å². The quantitative estimate of drug-likeness (QED) is 0.647. The van der Waals surface area contributed by atoms with Gasteiger partial charge in [-0.15, -0.1) is 0 Å². The van der Waals surface area contributed by atoms with Crippen LogP contribution in [-0.2, 0) is 0 Å². The maximum Gasteiger partial charge on any atom is 0.270 e. The van der Waals surface area contributed by atoms with E-state index in [-0.39, 0.29) is 11.4 Å². The largest absolute Gasteiger partial charge is 0.508 e. The van der Waals surface area contributed by atoms with Gasteiger partial charge in [0.05, 0.1) is 4.92 Å². The molecule has 0 aliphatic heterocycles. The third-order valence-electron chi connectivity index (χ3n) is 3.13. The van der Waals surface area contributed by atoms with Gasteiger partial charge in [0.25, 0.3) is 5.69 Å². The molecule has 0 amide bonds. The highest BCUT2D eigenvalue weighted by atomic mass is 16.6. The number of hydrogen-bond acceptors (Lipinski definition) is 3. The van der Waals surface area contributed by atoms with Crippen LogP contribution in [0.1, 0.15) is 11.1 Å². The molecule has 0 saturated carbocycles. The van der Waals surface area contributed by atoms with Crippen molar-refractivity contribution in [2.45, 2.75) is 13.8 Å². The van der Waals surface area contributed by atoms with E-state index in [0.717, 1.165) is 22.3 Å². The fourth-order valence-electron chi connectivity index (χ4n) is 1.91. The lowest BCUT2D eigenvalue weighted by atomic mass is 9.96. The molecule has 4 heteroatoms. The molecule has 0 unspecified atom stereocenters. The normalized spacial score (nSPS) is 10.3. The van der Waals surface area contributed by atoms with Gasteiger partial charge in [-0.05, 0) is 42.2 Å². The zero-order valence-corrected chi connectivity index (χ0v) is 10.2. The van der Waals surface area contributed by atoms with E-state index >= 15 is 0 Å². The van der Waals surface area contributed by atoms with Gasteiger partial charge in [-0.3, -0.25) is 10.1 Å². The first-order valence-corrected chi connectivity index (χ1v) is 5.54. The number of aromatic hydroxyl groups is 1. The highest BCUT2D eigenvalue weighted by molar-refractivity contribution is 5.71. The van der Waals surface area contributed by atoms with Crippen molar-refractivity contribution < 1.29 is 10.0 Å². The first kappa shape index (κ1) is 12.1. The number of rotatable bonds is 2. The van der Waals surface area contributed by atoms with Gasteiger partial charge >= 0.3 is 0 Å². The minimum atomic E-state index is -0.411. The Morgan fingerprint density at radius 1 is 1.11 bits per heavy atom. The van der Waals surface area contributed by atoms with Gasteiger partial charge in [-0.1, -0.05) is 18.2 Å². The Hall–Kier alpha value is -2.36. The van der Waals surface area contributed by atoms with Crippen LogP contribution in [-0.4, -0.2) is 10.0 Å². The molecule has 0 aliphatic rings. The van der Waals surface area contributed by atoms with Crippen molar-refractivity contribution in [2.75, 3.05) is 0 Å². The molecule has 2 aromatic rings. The molecule has 18 heavy (non-hydrogen) atoms. The second-order valence-electron chi connectivity index (χ2n) is 4.19. The molecule has 0 atom stereocenters. The van der Waals surface area contributed by atoms with Gasteiger partial charge in [0.2, 0.25) is 0 Å². The second kappa shape index (κ2) is 4.49. The highest BCUT2D eigenvalue weighted by Crippen LogP contribution is 2.31. The third kappa shape index (κ3) is 2.05. The second-order valence-corrected chi connectivity index (χ2v) is 4.19. The molecule has 0 saturated heterocycles. The van der Waals surface area contributed by atoms with Crippen LogP contribution in [0.15, 0.2) is 36.4 Å². The van der Waals surface area contributed by atoms with Crippen molar-refractivity contribution in [1.29, 1.82) is 0 Å². The number of nitro groups is 1. The molecule has 0 aliphatic carbocycles. The third-order valence-corrected chi connectivity index (χ3v) is 3.13. The predicted octanol–water partition coefficient (Wildman–Crippen LogP) is 3.58. The summed E-state index contributed by atoms with van der Waals surface area (Å²) in [7, 11) is 0. The van der Waals surface area contributed by atoms with Crippen LogP contribution in [0, 0.1) is 24.0 Å². The van der Waals surface area contributed by atoms with Gasteiger partial charge in [0, 0.05) is 12.1 Å². The van der Waals surface area contributed by atoms with Gasteiger partial charge in [0.1, 0.15) is 5.75 Å². The average molecular weight is 243 g/mol. The molecule has 0 spiro atoms. The van der Waals surface area contributed by atoms with Crippen molar-refractivity contribution in [3.63, 3.8) is 0 Å². The molecule has 0 radical (unpaired) electrons. The molecule has 1 N–H and O–H groups in total. The van der Waals surface area contributed by atoms with Gasteiger partial charge in [-0.2, -0.15) is 0 Å². The standard InChI is InChI=1S/C14H13NO3/c1-9-10(2)14(16)7-6-13(9)11-4-3-5-12(8-11)15(17)18/h3-8,16H,1-2H3. The predicted molar refractivity (Wildman–Crippen MR) is 69.7 cm³/mol. The van der Waals surface area contributed by atoms with Crippen LogP contribution >= 0.6 is 0 Å². The molecule has 2 rings (SSSR count). The van der Waals surface area contributed by atoms with Crippen LogP contribution in [0.25, 0.3) is 11.1 Å². The summed E-state index contributed by atoms with van der Waals surface area (Å²) in [5.74, 6) is 0.238. The lowest BCUT2D eigenvalue weighted by molar-refractivity contribution is -0.384. The summed E-state index contributed by atoms with van der Waals surface area (Å²) >= 11 is 0. The first-order chi connectivity index (χ1) is 8.50. The number of phenols is 1. The van der Waals surface area contributed by atoms with Crippen molar-refractivity contribution in [2.24, 2.45) is 0 Å². The Labute approximate surface area is 105 Å². The summed E-state index contributed by atoms with van der Waals surface area (Å²) < 4.78 is 0. The van der Waals surface area contributed by atoms with Gasteiger partial charge in [0.15, 0.2) is 0 Å². The number of non-ortho nitro benzene ring substituents is 1. The maximum atomic E-state index is 10.8. The summed E-state index contributed by atoms with van der Waals surface area (Å²) in [5.41, 5.74) is 3.46. The average Bonchev–Trinajstić information content (AvgIpc) is 2.36. The van der Waals surface area contributed by atoms with E-state index in [9.17, 15) is 15.2 Å². The van der Waals surface area contributed by atoms with E-state index in [0.29, 0.717) is 0 Å². The number of phenolic OH excluding ortho intramolecular Hbond substituents is 1. The number of benzene rings is 2. The fraction of sp³-hybridized carbons (Fsp3) is 0.143. The van der Waals surface area contributed by atoms with E-state index in [4.69, 9.17) is 0 Å². The van der Waals surface area contributed by atoms with Crippen molar-refractivity contribution in [3.05, 3.63) is 57.6 Å². The molecular formula is C14H13NO3. The molecule has 2 aromatic carbocycles. The molecule has 0 heterocycles. The van der Waals surface area contributed by atoms with Crippen molar-refractivity contribution in [1.82, 2.24) is 0 Å². The number of hydrogen-bond donors (Lipinski definition) is 1. The van der Waals surface area contributed by atoms with Gasteiger partial charge in [-0.25, -0.2) is 0 Å². The van der Waals surface area contributed by atoms with E-state index in [2.05, 4.69) is 0 Å². The molecule has 0 bridgehead atoms. The Morgan fingerprint density at radius 2 is 1.83 bits per heavy atom. The van der Waals surface area contributed by atoms with Crippen molar-refractivity contribution >= 4 is 5.69 Å². The molecule has 0 aromatic heterocycles. The van der Waals surface area contributed by atoms with Crippen LogP contribution in [0.2, 0.25) is 0 Å². The lowest BCUT2D eigenvalue weighted by Crippen LogP contribution is -1.91. The minimum Gasteiger partial charge on any atom is -0.508 e. The SMILES string of the molecule is Cc1c(O)ccc(-c2cccc([N+](=O)[O-])c2)c1C. The smallest absolute Gasteiger partial charge is 0.270 e. The Bertz CT molecular complexity index is 620. The van der Waals surface area contributed by atoms with E-state index < -0.39 is 4.92 Å². The Morgan fingerprint density at radius 3 is 2.50 bits per heavy atom. The van der Waals surface area contributed by atoms with E-state index in [1.165, 1.54) is 6.07 Å². The lowest BCUT2D eigenvalue weighted by Gasteiger charge is -2.10. The summed E-state index contributed by atoms with van der Waals surface area (Å²) in [6.07, 6.45) is 0. The Kier molecular flexibility index (Phi) is 3.02. The summed E-state index contributed by atoms with van der Waals surface area (Å²) in [6.45, 7) is 3.72. The highest BCUT2D eigenvalue weighted by Gasteiger charge is 2.11. The summed E-state index contributed by atoms with van der Waals surface area (Å²) in [4.78, 5) is 10.3. The van der Waals surface area contributed by atoms with E-state index in [1.54, 1.807) is 24.3 Å². The molecule has 4 nitrogen and oxygen atoms in total. The van der Waals surface area contributed by atoms with E-state index in [1.807, 2.05) is 19.9 Å². The molecule has 92 valence electrons. The minimum absolute atomic E-state index is 0.0672. The number of nitrogens with zero attached hydrogens (tertiary/aromatic N) is 1. The summed E-state index contributed by atoms with van der Waals surface area (Å²) in [5, 5.41) is 20.4. The molecule has 0 fully saturated rings. The van der Waals surface area contributed by atoms with Crippen LogP contribution in [0.3, 0.4) is 0 Å². The monoisotopic (exact) mass is 243 g/mol. The maximum absolute atomic E-state index is 10.8. The Balaban J connectivity index is 2.59. The van der Waals surface area contributed by atoms with Crippen LogP contribution in [0.4, 0.5) is 5.69 Å². The van der Waals surface area contributed by atoms with Crippen molar-refractivity contribution in [3.8, 4) is 16.9 Å². The fourth-order valence-corrected chi connectivity index (χ4v) is 1.91. The number of nitro benzene ring substituents is 1. The molecular weight excluding hydrogens is 230 g/mol. The zero-order chi connectivity index (χ0) is 13.3. The first-order valence-electron chi connectivity index (χ1n) is 5.54. The zero-order valence-electron chi connectivity index (χ0n) is 10.2. The summed E-state index contributed by atoms with van der Waals surface area (Å²) in [6, 6.07) is 9.87. The van der Waals surface area contributed by atoms with Crippen LogP contribution in [0.5, 0.6) is 5.75 Å². The topological polar surface area (TPSA) is 63.4 Å². The van der Waals surface area contributed by atoms with Gasteiger partial charge < -0.3 is 5.11 Å².